The average Bonchev–Trinajstić information content (AvgIpc) is 3.06. The molecule has 126 valence electrons. The van der Waals surface area contributed by atoms with Crippen molar-refractivity contribution in [1.29, 1.82) is 0 Å². The number of hydrogen-bond donors (Lipinski definition) is 1. The molecular formula is C19H17ClN4O. The van der Waals surface area contributed by atoms with Crippen molar-refractivity contribution in [3.8, 4) is 11.3 Å². The highest BCUT2D eigenvalue weighted by atomic mass is 35.5. The highest BCUT2D eigenvalue weighted by Gasteiger charge is 2.03. The lowest BCUT2D eigenvalue weighted by molar-refractivity contribution is -0.116. The van der Waals surface area contributed by atoms with Crippen molar-refractivity contribution in [3.05, 3.63) is 77.2 Å². The van der Waals surface area contributed by atoms with E-state index < -0.39 is 0 Å². The van der Waals surface area contributed by atoms with E-state index in [2.05, 4.69) is 15.4 Å². The van der Waals surface area contributed by atoms with Gasteiger partial charge in [0, 0.05) is 42.6 Å². The summed E-state index contributed by atoms with van der Waals surface area (Å²) in [5, 5.41) is 7.64. The minimum absolute atomic E-state index is 0.161. The lowest BCUT2D eigenvalue weighted by Crippen LogP contribution is -2.20. The average molecular weight is 353 g/mol. The third-order valence-electron chi connectivity index (χ3n) is 3.59. The number of carbonyl (C=O) groups is 1. The summed E-state index contributed by atoms with van der Waals surface area (Å²) in [7, 11) is 1.87. The maximum absolute atomic E-state index is 11.9. The molecule has 3 aromatic rings. The molecule has 3 rings (SSSR count). The van der Waals surface area contributed by atoms with Crippen LogP contribution in [0.3, 0.4) is 0 Å². The smallest absolute Gasteiger partial charge is 0.244 e. The number of carbonyl (C=O) groups excluding carboxylic acids is 1. The normalized spacial score (nSPS) is 11.0. The summed E-state index contributed by atoms with van der Waals surface area (Å²) < 4.78 is 1.73. The lowest BCUT2D eigenvalue weighted by Gasteiger charge is -2.03. The largest absolute Gasteiger partial charge is 0.348 e. The van der Waals surface area contributed by atoms with Crippen LogP contribution in [0.5, 0.6) is 0 Å². The van der Waals surface area contributed by atoms with Crippen molar-refractivity contribution in [2.75, 3.05) is 0 Å². The Balaban J connectivity index is 1.54. The molecule has 25 heavy (non-hydrogen) atoms. The van der Waals surface area contributed by atoms with Gasteiger partial charge in [-0.25, -0.2) is 0 Å². The number of benzene rings is 1. The van der Waals surface area contributed by atoms with E-state index in [4.69, 9.17) is 11.6 Å². The van der Waals surface area contributed by atoms with Gasteiger partial charge < -0.3 is 5.32 Å². The van der Waals surface area contributed by atoms with Crippen molar-refractivity contribution in [1.82, 2.24) is 20.1 Å². The first-order valence-electron chi connectivity index (χ1n) is 7.75. The molecule has 0 aliphatic carbocycles. The quantitative estimate of drug-likeness (QED) is 0.715. The van der Waals surface area contributed by atoms with Crippen LogP contribution in [0, 0.1) is 0 Å². The van der Waals surface area contributed by atoms with E-state index in [0.29, 0.717) is 11.6 Å². The Morgan fingerprint density at radius 3 is 2.64 bits per heavy atom. The van der Waals surface area contributed by atoms with Crippen LogP contribution in [0.2, 0.25) is 5.02 Å². The van der Waals surface area contributed by atoms with Gasteiger partial charge in [-0.1, -0.05) is 29.8 Å². The molecule has 5 nitrogen and oxygen atoms in total. The maximum Gasteiger partial charge on any atom is 0.244 e. The first-order chi connectivity index (χ1) is 12.1. The molecule has 0 fully saturated rings. The number of pyridine rings is 1. The Bertz CT molecular complexity index is 883. The number of aryl methyl sites for hydroxylation is 1. The van der Waals surface area contributed by atoms with Crippen LogP contribution in [0.1, 0.15) is 11.1 Å². The maximum atomic E-state index is 11.9. The summed E-state index contributed by atoms with van der Waals surface area (Å²) in [5.41, 5.74) is 3.66. The molecule has 0 aliphatic heterocycles. The topological polar surface area (TPSA) is 59.8 Å². The summed E-state index contributed by atoms with van der Waals surface area (Å²) in [5.74, 6) is -0.161. The minimum atomic E-state index is -0.161. The summed E-state index contributed by atoms with van der Waals surface area (Å²) >= 11 is 5.83. The first kappa shape index (κ1) is 16.9. The molecule has 0 unspecified atom stereocenters. The number of rotatable bonds is 5. The van der Waals surface area contributed by atoms with Gasteiger partial charge in [0.15, 0.2) is 0 Å². The van der Waals surface area contributed by atoms with Crippen LogP contribution in [-0.2, 0) is 18.4 Å². The van der Waals surface area contributed by atoms with E-state index >= 15 is 0 Å². The monoisotopic (exact) mass is 352 g/mol. The first-order valence-corrected chi connectivity index (χ1v) is 8.13. The summed E-state index contributed by atoms with van der Waals surface area (Å²) in [6.45, 7) is 0.421. The molecule has 2 heterocycles. The standard InChI is InChI=1S/C19H17ClN4O/c1-24-13-16(12-23-24)18-8-4-15(10-21-18)11-22-19(25)9-5-14-2-6-17(20)7-3-14/h2-10,12-13H,11H2,1H3,(H,22,25)/b9-5+. The molecule has 0 saturated carbocycles. The van der Waals surface area contributed by atoms with E-state index in [0.717, 1.165) is 22.4 Å². The van der Waals surface area contributed by atoms with Crippen LogP contribution in [0.4, 0.5) is 0 Å². The van der Waals surface area contributed by atoms with E-state index in [-0.39, 0.29) is 5.91 Å². The van der Waals surface area contributed by atoms with E-state index in [9.17, 15) is 4.79 Å². The number of nitrogens with zero attached hydrogens (tertiary/aromatic N) is 3. The fourth-order valence-electron chi connectivity index (χ4n) is 2.25. The Morgan fingerprint density at radius 2 is 2.00 bits per heavy atom. The Labute approximate surface area is 151 Å². The predicted molar refractivity (Wildman–Crippen MR) is 98.8 cm³/mol. The summed E-state index contributed by atoms with van der Waals surface area (Å²) in [4.78, 5) is 16.3. The number of aromatic nitrogens is 3. The van der Waals surface area contributed by atoms with Crippen LogP contribution in [0.15, 0.2) is 61.1 Å². The predicted octanol–water partition coefficient (Wildman–Crippen LogP) is 3.47. The molecule has 1 aromatic carbocycles. The van der Waals surface area contributed by atoms with Gasteiger partial charge in [-0.15, -0.1) is 0 Å². The number of hydrogen-bond acceptors (Lipinski definition) is 3. The highest BCUT2D eigenvalue weighted by molar-refractivity contribution is 6.30. The molecule has 0 saturated heterocycles. The number of nitrogens with one attached hydrogen (secondary N) is 1. The Hall–Kier alpha value is -2.92. The zero-order valence-corrected chi connectivity index (χ0v) is 14.4. The second-order valence-electron chi connectivity index (χ2n) is 5.56. The van der Waals surface area contributed by atoms with Gasteiger partial charge >= 0.3 is 0 Å². The van der Waals surface area contributed by atoms with Crippen molar-refractivity contribution >= 4 is 23.6 Å². The third kappa shape index (κ3) is 4.78. The van der Waals surface area contributed by atoms with E-state index in [1.165, 1.54) is 6.08 Å². The van der Waals surface area contributed by atoms with Crippen molar-refractivity contribution in [2.45, 2.75) is 6.54 Å². The Morgan fingerprint density at radius 1 is 1.20 bits per heavy atom. The second-order valence-corrected chi connectivity index (χ2v) is 5.99. The van der Waals surface area contributed by atoms with Gasteiger partial charge in [0.1, 0.15) is 0 Å². The van der Waals surface area contributed by atoms with Gasteiger partial charge in [0.25, 0.3) is 0 Å². The summed E-state index contributed by atoms with van der Waals surface area (Å²) in [6.07, 6.45) is 8.68. The van der Waals surface area contributed by atoms with Crippen LogP contribution >= 0.6 is 11.6 Å². The van der Waals surface area contributed by atoms with Gasteiger partial charge in [0.05, 0.1) is 11.9 Å². The zero-order chi connectivity index (χ0) is 17.6. The van der Waals surface area contributed by atoms with Crippen LogP contribution < -0.4 is 5.32 Å². The lowest BCUT2D eigenvalue weighted by atomic mass is 10.2. The third-order valence-corrected chi connectivity index (χ3v) is 3.84. The van der Waals surface area contributed by atoms with Crippen molar-refractivity contribution in [3.63, 3.8) is 0 Å². The molecule has 0 bridgehead atoms. The van der Waals surface area contributed by atoms with Crippen molar-refractivity contribution < 1.29 is 4.79 Å². The molecule has 1 N–H and O–H groups in total. The highest BCUT2D eigenvalue weighted by Crippen LogP contribution is 2.15. The van der Waals surface area contributed by atoms with Gasteiger partial charge in [0.2, 0.25) is 5.91 Å². The van der Waals surface area contributed by atoms with E-state index in [1.807, 2.05) is 37.5 Å². The number of halogens is 1. The van der Waals surface area contributed by atoms with E-state index in [1.54, 1.807) is 35.3 Å². The molecule has 0 spiro atoms. The zero-order valence-electron chi connectivity index (χ0n) is 13.7. The molecule has 6 heteroatoms. The molecule has 0 radical (unpaired) electrons. The van der Waals surface area contributed by atoms with Crippen LogP contribution in [-0.4, -0.2) is 20.7 Å². The molecule has 0 atom stereocenters. The number of amides is 1. The molecule has 2 aromatic heterocycles. The molecular weight excluding hydrogens is 336 g/mol. The van der Waals surface area contributed by atoms with Gasteiger partial charge in [-0.2, -0.15) is 5.10 Å². The van der Waals surface area contributed by atoms with Crippen molar-refractivity contribution in [2.24, 2.45) is 7.05 Å². The minimum Gasteiger partial charge on any atom is -0.348 e. The SMILES string of the molecule is Cn1cc(-c2ccc(CNC(=O)/C=C/c3ccc(Cl)cc3)cn2)cn1. The Kier molecular flexibility index (Phi) is 5.26. The molecule has 0 aliphatic rings. The molecule has 1 amide bonds. The fraction of sp³-hybridized carbons (Fsp3) is 0.105. The van der Waals surface area contributed by atoms with Crippen LogP contribution in [0.25, 0.3) is 17.3 Å². The van der Waals surface area contributed by atoms with Gasteiger partial charge in [-0.05, 0) is 35.4 Å². The fourth-order valence-corrected chi connectivity index (χ4v) is 2.37. The van der Waals surface area contributed by atoms with Gasteiger partial charge in [-0.3, -0.25) is 14.5 Å². The second kappa shape index (κ2) is 7.77. The summed E-state index contributed by atoms with van der Waals surface area (Å²) in [6, 6.07) is 11.1.